The number of aromatic hydroxyl groups is 1. The lowest BCUT2D eigenvalue weighted by atomic mass is 10.2. The maximum absolute atomic E-state index is 12.2. The first-order valence-corrected chi connectivity index (χ1v) is 11.8. The highest BCUT2D eigenvalue weighted by molar-refractivity contribution is 14.1. The van der Waals surface area contributed by atoms with Gasteiger partial charge in [0, 0.05) is 21.4 Å². The molecule has 11 heteroatoms. The van der Waals surface area contributed by atoms with Crippen LogP contribution in [0.5, 0.6) is 11.5 Å². The average molecular weight is 566 g/mol. The van der Waals surface area contributed by atoms with Crippen LogP contribution in [-0.4, -0.2) is 44.9 Å². The van der Waals surface area contributed by atoms with Gasteiger partial charge in [-0.2, -0.15) is 5.10 Å². The van der Waals surface area contributed by atoms with Crippen LogP contribution in [-0.2, 0) is 17.9 Å². The van der Waals surface area contributed by atoms with Gasteiger partial charge in [-0.1, -0.05) is 11.8 Å². The molecular weight excluding hydrogens is 543 g/mol. The van der Waals surface area contributed by atoms with Gasteiger partial charge in [0.05, 0.1) is 25.6 Å². The Labute approximate surface area is 203 Å². The van der Waals surface area contributed by atoms with E-state index in [0.29, 0.717) is 29.6 Å². The van der Waals surface area contributed by atoms with E-state index in [0.717, 1.165) is 11.5 Å². The summed E-state index contributed by atoms with van der Waals surface area (Å²) in [6.07, 6.45) is 1.36. The number of benzene rings is 2. The van der Waals surface area contributed by atoms with Crippen molar-refractivity contribution in [3.8, 4) is 11.5 Å². The second kappa shape index (κ2) is 11.7. The van der Waals surface area contributed by atoms with Gasteiger partial charge in [-0.3, -0.25) is 4.79 Å². The molecule has 0 aliphatic carbocycles. The predicted molar refractivity (Wildman–Crippen MR) is 133 cm³/mol. The maximum Gasteiger partial charge on any atom is 0.250 e. The zero-order valence-corrected chi connectivity index (χ0v) is 20.6. The van der Waals surface area contributed by atoms with Crippen LogP contribution in [0.25, 0.3) is 0 Å². The summed E-state index contributed by atoms with van der Waals surface area (Å²) in [7, 11) is 1.53. The van der Waals surface area contributed by atoms with E-state index in [4.69, 9.17) is 4.74 Å². The zero-order chi connectivity index (χ0) is 22.9. The molecule has 0 radical (unpaired) electrons. The number of ether oxygens (including phenoxy) is 1. The number of methoxy groups -OCH3 is 1. The van der Waals surface area contributed by atoms with Crippen molar-refractivity contribution in [1.29, 1.82) is 0 Å². The van der Waals surface area contributed by atoms with Gasteiger partial charge < -0.3 is 19.7 Å². The summed E-state index contributed by atoms with van der Waals surface area (Å²) in [6.45, 7) is 3.23. The van der Waals surface area contributed by atoms with Crippen molar-refractivity contribution in [3.05, 3.63) is 57.4 Å². The number of carbonyl (C=O) groups is 1. The number of hydrazone groups is 1. The SMILES string of the molecule is CCn1c(CNc2ccc(I)cc2)nnc1SCC(=O)NN=Cc1cc(OC)ccc1O. The molecule has 0 saturated heterocycles. The minimum atomic E-state index is -0.294. The molecule has 0 saturated carbocycles. The number of phenolic OH excluding ortho intramolecular Hbond substituents is 1. The third-order valence-corrected chi connectivity index (χ3v) is 6.05. The number of aromatic nitrogens is 3. The van der Waals surface area contributed by atoms with Crippen molar-refractivity contribution in [2.75, 3.05) is 18.2 Å². The molecule has 3 N–H and O–H groups in total. The molecule has 0 unspecified atom stereocenters. The van der Waals surface area contributed by atoms with Crippen LogP contribution >= 0.6 is 34.4 Å². The van der Waals surface area contributed by atoms with Gasteiger partial charge in [-0.25, -0.2) is 5.43 Å². The summed E-state index contributed by atoms with van der Waals surface area (Å²) in [4.78, 5) is 12.2. The van der Waals surface area contributed by atoms with Crippen molar-refractivity contribution < 1.29 is 14.6 Å². The molecule has 0 spiro atoms. The van der Waals surface area contributed by atoms with Crippen LogP contribution in [0.1, 0.15) is 18.3 Å². The summed E-state index contributed by atoms with van der Waals surface area (Å²) in [6, 6.07) is 12.9. The van der Waals surface area contributed by atoms with Crippen molar-refractivity contribution in [2.24, 2.45) is 5.10 Å². The lowest BCUT2D eigenvalue weighted by Gasteiger charge is -2.09. The highest BCUT2D eigenvalue weighted by Crippen LogP contribution is 2.21. The van der Waals surface area contributed by atoms with E-state index in [1.54, 1.807) is 12.1 Å². The van der Waals surface area contributed by atoms with Crippen LogP contribution in [0.3, 0.4) is 0 Å². The summed E-state index contributed by atoms with van der Waals surface area (Å²) in [5.41, 5.74) is 3.89. The number of thioether (sulfide) groups is 1. The third-order valence-electron chi connectivity index (χ3n) is 4.36. The summed E-state index contributed by atoms with van der Waals surface area (Å²) >= 11 is 3.55. The zero-order valence-electron chi connectivity index (χ0n) is 17.6. The van der Waals surface area contributed by atoms with Gasteiger partial charge >= 0.3 is 0 Å². The number of nitrogens with one attached hydrogen (secondary N) is 2. The van der Waals surface area contributed by atoms with Crippen LogP contribution < -0.4 is 15.5 Å². The molecule has 32 heavy (non-hydrogen) atoms. The summed E-state index contributed by atoms with van der Waals surface area (Å²) in [5.74, 6) is 1.25. The molecule has 168 valence electrons. The molecule has 0 fully saturated rings. The van der Waals surface area contributed by atoms with Crippen LogP contribution in [0.2, 0.25) is 0 Å². The maximum atomic E-state index is 12.2. The number of halogens is 1. The second-order valence-electron chi connectivity index (χ2n) is 6.51. The molecule has 0 aliphatic heterocycles. The van der Waals surface area contributed by atoms with Crippen LogP contribution in [0, 0.1) is 3.57 Å². The van der Waals surface area contributed by atoms with Crippen LogP contribution in [0.4, 0.5) is 5.69 Å². The minimum Gasteiger partial charge on any atom is -0.507 e. The molecule has 9 nitrogen and oxygen atoms in total. The molecule has 3 rings (SSSR count). The molecule has 0 aliphatic rings. The molecule has 2 aromatic carbocycles. The highest BCUT2D eigenvalue weighted by Gasteiger charge is 2.13. The lowest BCUT2D eigenvalue weighted by molar-refractivity contribution is -0.118. The summed E-state index contributed by atoms with van der Waals surface area (Å²) < 4.78 is 8.25. The summed E-state index contributed by atoms with van der Waals surface area (Å²) in [5, 5.41) is 26.2. The Morgan fingerprint density at radius 3 is 2.78 bits per heavy atom. The van der Waals surface area contributed by atoms with Crippen LogP contribution in [0.15, 0.2) is 52.7 Å². The Bertz CT molecular complexity index is 1090. The fraction of sp³-hybridized carbons (Fsp3) is 0.238. The number of rotatable bonds is 10. The average Bonchev–Trinajstić information content (AvgIpc) is 3.20. The van der Waals surface area contributed by atoms with Gasteiger partial charge in [0.15, 0.2) is 11.0 Å². The van der Waals surface area contributed by atoms with Crippen molar-refractivity contribution in [1.82, 2.24) is 20.2 Å². The predicted octanol–water partition coefficient (Wildman–Crippen LogP) is 3.47. The smallest absolute Gasteiger partial charge is 0.250 e. The number of hydrogen-bond acceptors (Lipinski definition) is 8. The number of nitrogens with zero attached hydrogens (tertiary/aromatic N) is 4. The number of hydrogen-bond donors (Lipinski definition) is 3. The van der Waals surface area contributed by atoms with E-state index in [-0.39, 0.29) is 17.4 Å². The van der Waals surface area contributed by atoms with Gasteiger partial charge in [0.1, 0.15) is 11.5 Å². The second-order valence-corrected chi connectivity index (χ2v) is 8.70. The highest BCUT2D eigenvalue weighted by atomic mass is 127. The Morgan fingerprint density at radius 1 is 1.28 bits per heavy atom. The molecule has 1 amide bonds. The van der Waals surface area contributed by atoms with E-state index in [1.165, 1.54) is 34.7 Å². The van der Waals surface area contributed by atoms with Crippen molar-refractivity contribution in [2.45, 2.75) is 25.2 Å². The van der Waals surface area contributed by atoms with Gasteiger partial charge in [0.2, 0.25) is 0 Å². The Hall–Kier alpha value is -2.80. The van der Waals surface area contributed by atoms with E-state index >= 15 is 0 Å². The van der Waals surface area contributed by atoms with E-state index in [1.807, 2.05) is 35.8 Å². The van der Waals surface area contributed by atoms with Crippen molar-refractivity contribution >= 4 is 52.2 Å². The van der Waals surface area contributed by atoms with Crippen molar-refractivity contribution in [3.63, 3.8) is 0 Å². The topological polar surface area (TPSA) is 114 Å². The first kappa shape index (κ1) is 23.9. The van der Waals surface area contributed by atoms with Gasteiger partial charge in [-0.15, -0.1) is 10.2 Å². The van der Waals surface area contributed by atoms with E-state index in [2.05, 4.69) is 48.6 Å². The van der Waals surface area contributed by atoms with E-state index in [9.17, 15) is 9.90 Å². The Kier molecular flexibility index (Phi) is 8.73. The Balaban J connectivity index is 1.52. The molecule has 1 heterocycles. The molecule has 0 atom stereocenters. The monoisotopic (exact) mass is 566 g/mol. The Morgan fingerprint density at radius 2 is 2.06 bits per heavy atom. The molecule has 0 bridgehead atoms. The first-order chi connectivity index (χ1) is 15.5. The minimum absolute atomic E-state index is 0.0422. The normalized spacial score (nSPS) is 11.0. The number of anilines is 1. The van der Waals surface area contributed by atoms with E-state index < -0.39 is 0 Å². The quantitative estimate of drug-likeness (QED) is 0.149. The standard InChI is InChI=1S/C21H23IN6O3S/c1-3-28-19(12-23-16-6-4-15(22)5-7-16)25-27-21(28)32-13-20(30)26-24-11-14-10-17(31-2)8-9-18(14)29/h4-11,23,29H,3,12-13H2,1-2H3,(H,26,30). The number of amides is 1. The third kappa shape index (κ3) is 6.60. The number of phenols is 1. The fourth-order valence-corrected chi connectivity index (χ4v) is 3.90. The number of carbonyl (C=O) groups excluding carboxylic acids is 1. The lowest BCUT2D eigenvalue weighted by Crippen LogP contribution is -2.20. The fourth-order valence-electron chi connectivity index (χ4n) is 2.72. The first-order valence-electron chi connectivity index (χ1n) is 9.73. The molecule has 1 aromatic heterocycles. The van der Waals surface area contributed by atoms with Gasteiger partial charge in [-0.05, 0) is 72.0 Å². The largest absolute Gasteiger partial charge is 0.507 e. The van der Waals surface area contributed by atoms with Gasteiger partial charge in [0.25, 0.3) is 5.91 Å². The molecular formula is C21H23IN6O3S. The molecule has 3 aromatic rings.